The lowest BCUT2D eigenvalue weighted by Gasteiger charge is -2.34. The number of pyridine rings is 1. The number of allylic oxidation sites excluding steroid dienone is 4. The summed E-state index contributed by atoms with van der Waals surface area (Å²) in [6, 6.07) is 19.2. The van der Waals surface area contributed by atoms with Gasteiger partial charge in [-0.1, -0.05) is 103 Å². The number of aromatic nitrogens is 1. The van der Waals surface area contributed by atoms with Crippen molar-refractivity contribution in [2.24, 2.45) is 11.8 Å². The summed E-state index contributed by atoms with van der Waals surface area (Å²) in [5, 5.41) is 5.68. The van der Waals surface area contributed by atoms with Gasteiger partial charge in [0.1, 0.15) is 0 Å². The quantitative estimate of drug-likeness (QED) is 0.200. The Morgan fingerprint density at radius 1 is 0.810 bits per heavy atom. The van der Waals surface area contributed by atoms with E-state index in [-0.39, 0.29) is 11.0 Å². The Bertz CT molecular complexity index is 1800. The fourth-order valence-electron chi connectivity index (χ4n) is 8.97. The van der Waals surface area contributed by atoms with Gasteiger partial charge in [0.25, 0.3) is 0 Å². The third-order valence-corrected chi connectivity index (χ3v) is 11.4. The molecule has 1 aliphatic heterocycles. The molecule has 2 heterocycles. The van der Waals surface area contributed by atoms with Crippen LogP contribution in [0.2, 0.25) is 0 Å². The zero-order chi connectivity index (χ0) is 29.6. The van der Waals surface area contributed by atoms with Crippen LogP contribution in [0.25, 0.3) is 32.8 Å². The van der Waals surface area contributed by atoms with Gasteiger partial charge >= 0.3 is 0 Å². The predicted octanol–water partition coefficient (Wildman–Crippen LogP) is 10.9. The van der Waals surface area contributed by atoms with Gasteiger partial charge in [-0.3, -0.25) is 0 Å². The fourth-order valence-corrected chi connectivity index (χ4v) is 8.97. The van der Waals surface area contributed by atoms with E-state index in [1.165, 1.54) is 75.2 Å². The summed E-state index contributed by atoms with van der Waals surface area (Å²) in [6.45, 7) is 19.1. The Labute approximate surface area is 253 Å². The topological polar surface area (TPSA) is 3.88 Å². The highest BCUT2D eigenvalue weighted by molar-refractivity contribution is 6.06. The molecule has 3 aliphatic rings. The number of nitrogens with zero attached hydrogens (tertiary/aromatic N) is 1. The Kier molecular flexibility index (Phi) is 6.36. The summed E-state index contributed by atoms with van der Waals surface area (Å²) in [6.07, 6.45) is 13.7. The highest BCUT2D eigenvalue weighted by Gasteiger charge is 2.57. The molecular weight excluding hydrogens is 506 g/mol. The molecule has 3 aromatic carbocycles. The molecule has 0 N–H and O–H groups in total. The normalized spacial score (nSPS) is 20.0. The van der Waals surface area contributed by atoms with Crippen molar-refractivity contribution in [2.75, 3.05) is 0 Å². The first-order chi connectivity index (χ1) is 20.2. The minimum absolute atomic E-state index is 0.0837. The molecule has 0 saturated carbocycles. The second-order valence-corrected chi connectivity index (χ2v) is 14.2. The zero-order valence-corrected chi connectivity index (χ0v) is 27.1. The zero-order valence-electron chi connectivity index (χ0n) is 27.1. The van der Waals surface area contributed by atoms with Crippen LogP contribution in [-0.4, -0.2) is 0 Å². The van der Waals surface area contributed by atoms with Crippen molar-refractivity contribution >= 4 is 21.5 Å². The maximum atomic E-state index is 2.74. The fraction of sp³-hybridized carbons (Fsp3) is 0.439. The van der Waals surface area contributed by atoms with E-state index in [4.69, 9.17) is 0 Å². The van der Waals surface area contributed by atoms with E-state index >= 15 is 0 Å². The highest BCUT2D eigenvalue weighted by Crippen LogP contribution is 2.58. The maximum absolute atomic E-state index is 2.74. The van der Waals surface area contributed by atoms with Crippen LogP contribution < -0.4 is 4.57 Å². The molecule has 1 atom stereocenters. The Balaban J connectivity index is 1.67. The average molecular weight is 555 g/mol. The molecule has 1 spiro atoms. The van der Waals surface area contributed by atoms with Crippen LogP contribution >= 0.6 is 0 Å². The van der Waals surface area contributed by atoms with Crippen LogP contribution in [0.3, 0.4) is 0 Å². The number of rotatable bonds is 7. The van der Waals surface area contributed by atoms with Crippen molar-refractivity contribution in [1.82, 2.24) is 0 Å². The third-order valence-electron chi connectivity index (χ3n) is 11.4. The molecule has 4 aromatic rings. The van der Waals surface area contributed by atoms with Gasteiger partial charge in [0.2, 0.25) is 11.2 Å². The SMILES string of the molecule is CCC(CC)C1=CC2(CC(C(CC)CC)=C1)c1c3c(cc4ccccc14)C(C)(C)c1cc(C(C)C)cc4cc[n+]2c-3c14. The Morgan fingerprint density at radius 2 is 1.52 bits per heavy atom. The molecule has 0 saturated heterocycles. The highest BCUT2D eigenvalue weighted by atomic mass is 15.1. The molecule has 42 heavy (non-hydrogen) atoms. The van der Waals surface area contributed by atoms with Crippen LogP contribution in [0, 0.1) is 11.8 Å². The second kappa shape index (κ2) is 9.66. The summed E-state index contributed by atoms with van der Waals surface area (Å²) >= 11 is 0. The summed E-state index contributed by atoms with van der Waals surface area (Å²) in [7, 11) is 0. The van der Waals surface area contributed by atoms with Crippen molar-refractivity contribution < 1.29 is 4.57 Å². The van der Waals surface area contributed by atoms with E-state index in [2.05, 4.69) is 127 Å². The molecule has 1 nitrogen and oxygen atoms in total. The molecule has 1 aromatic heterocycles. The molecule has 0 amide bonds. The third kappa shape index (κ3) is 3.58. The van der Waals surface area contributed by atoms with E-state index in [0.29, 0.717) is 17.8 Å². The largest absolute Gasteiger partial charge is 0.222 e. The van der Waals surface area contributed by atoms with Gasteiger partial charge < -0.3 is 0 Å². The van der Waals surface area contributed by atoms with E-state index < -0.39 is 0 Å². The first kappa shape index (κ1) is 27.6. The number of benzene rings is 3. The van der Waals surface area contributed by atoms with E-state index in [0.717, 1.165) is 6.42 Å². The van der Waals surface area contributed by atoms with Gasteiger partial charge in [-0.2, -0.15) is 4.57 Å². The van der Waals surface area contributed by atoms with Gasteiger partial charge in [0.05, 0.1) is 10.9 Å². The van der Waals surface area contributed by atoms with E-state index in [1.807, 2.05) is 0 Å². The summed E-state index contributed by atoms with van der Waals surface area (Å²) in [4.78, 5) is 0. The van der Waals surface area contributed by atoms with Gasteiger partial charge in [0, 0.05) is 23.5 Å². The van der Waals surface area contributed by atoms with E-state index in [1.54, 1.807) is 16.7 Å². The molecule has 1 heteroatoms. The lowest BCUT2D eigenvalue weighted by molar-refractivity contribution is -0.725. The Hall–Kier alpha value is -3.19. The van der Waals surface area contributed by atoms with Crippen molar-refractivity contribution in [3.63, 3.8) is 0 Å². The molecular formula is C41H48N+. The molecule has 7 rings (SSSR count). The van der Waals surface area contributed by atoms with Crippen molar-refractivity contribution in [3.8, 4) is 11.3 Å². The van der Waals surface area contributed by atoms with Gasteiger partial charge in [-0.05, 0) is 94.0 Å². The van der Waals surface area contributed by atoms with Gasteiger partial charge in [-0.25, -0.2) is 0 Å². The van der Waals surface area contributed by atoms with Crippen molar-refractivity contribution in [2.45, 2.75) is 104 Å². The van der Waals surface area contributed by atoms with E-state index in [9.17, 15) is 0 Å². The van der Waals surface area contributed by atoms with Crippen LogP contribution in [0.4, 0.5) is 0 Å². The maximum Gasteiger partial charge on any atom is 0.222 e. The average Bonchev–Trinajstić information content (AvgIpc) is 3.26. The van der Waals surface area contributed by atoms with Gasteiger partial charge in [0.15, 0.2) is 6.20 Å². The standard InChI is InChI=1S/C41H48N/c1-9-26(10-2)31-20-32(27(11-3)12-4)24-41(23-31)38-33-16-14-13-15-28(33)21-35-37(38)39-36-29(17-18-42(39)41)19-30(25(5)6)22-34(36)40(35,7)8/h13-23,25-27H,9-12,24H2,1-8H3/q+1. The Morgan fingerprint density at radius 3 is 2.21 bits per heavy atom. The first-order valence-electron chi connectivity index (χ1n) is 16.7. The summed E-state index contributed by atoms with van der Waals surface area (Å²) < 4.78 is 2.74. The minimum atomic E-state index is -0.215. The lowest BCUT2D eigenvalue weighted by Crippen LogP contribution is -2.55. The van der Waals surface area contributed by atoms with Crippen molar-refractivity contribution in [3.05, 3.63) is 100 Å². The van der Waals surface area contributed by atoms with Crippen molar-refractivity contribution in [1.29, 1.82) is 0 Å². The molecule has 2 aliphatic carbocycles. The number of hydrogen-bond donors (Lipinski definition) is 0. The van der Waals surface area contributed by atoms with Gasteiger partial charge in [-0.15, -0.1) is 0 Å². The minimum Gasteiger partial charge on any atom is -0.184 e. The molecule has 0 bridgehead atoms. The van der Waals surface area contributed by atoms with Crippen LogP contribution in [0.5, 0.6) is 0 Å². The molecule has 0 radical (unpaired) electrons. The number of hydrogen-bond acceptors (Lipinski definition) is 0. The van der Waals surface area contributed by atoms with Crippen LogP contribution in [0.15, 0.2) is 78.0 Å². The van der Waals surface area contributed by atoms with Crippen LogP contribution in [-0.2, 0) is 11.0 Å². The number of fused-ring (bicyclic) bond motifs is 4. The summed E-state index contributed by atoms with van der Waals surface area (Å²) in [5.74, 6) is 1.70. The smallest absolute Gasteiger partial charge is 0.184 e. The first-order valence-corrected chi connectivity index (χ1v) is 16.7. The van der Waals surface area contributed by atoms with Crippen LogP contribution in [0.1, 0.15) is 116 Å². The summed E-state index contributed by atoms with van der Waals surface area (Å²) in [5.41, 5.74) is 11.9. The predicted molar refractivity (Wildman–Crippen MR) is 179 cm³/mol. The molecule has 1 unspecified atom stereocenters. The second-order valence-electron chi connectivity index (χ2n) is 14.2. The molecule has 216 valence electrons. The monoisotopic (exact) mass is 554 g/mol. The lowest BCUT2D eigenvalue weighted by atomic mass is 9.66. The molecule has 0 fully saturated rings.